The second-order valence-electron chi connectivity index (χ2n) is 7.40. The molecular formula is C24H18N2O4. The Kier molecular flexibility index (Phi) is 4.13. The third-order valence-corrected chi connectivity index (χ3v) is 5.34. The second-order valence-corrected chi connectivity index (χ2v) is 7.40. The Hall–Kier alpha value is -3.93. The summed E-state index contributed by atoms with van der Waals surface area (Å²) in [5.41, 5.74) is 2.57. The van der Waals surface area contributed by atoms with Gasteiger partial charge < -0.3 is 9.52 Å². The number of phenols is 1. The van der Waals surface area contributed by atoms with Gasteiger partial charge in [-0.2, -0.15) is 5.10 Å². The van der Waals surface area contributed by atoms with Gasteiger partial charge in [0.25, 0.3) is 5.56 Å². The number of hydrogen-bond acceptors (Lipinski definition) is 5. The Morgan fingerprint density at radius 3 is 2.60 bits per heavy atom. The molecule has 0 spiro atoms. The first-order valence-corrected chi connectivity index (χ1v) is 9.61. The molecule has 0 saturated heterocycles. The standard InChI is InChI=1S/C24H18N2O4/c1-26-24(29)23-17(6-4-7-20(23)28)19(25-26)13-15(27)11-14-9-10-22-18(12-14)16-5-2-3-8-21(16)30-22/h2-10,12,28H,11,13H2,1H3. The molecule has 5 aromatic rings. The fourth-order valence-electron chi connectivity index (χ4n) is 3.94. The highest BCUT2D eigenvalue weighted by atomic mass is 16.3. The molecule has 5 rings (SSSR count). The Labute approximate surface area is 171 Å². The summed E-state index contributed by atoms with van der Waals surface area (Å²) in [6.45, 7) is 0. The Balaban J connectivity index is 1.48. The van der Waals surface area contributed by atoms with Crippen molar-refractivity contribution in [3.63, 3.8) is 0 Å². The molecule has 0 aliphatic rings. The van der Waals surface area contributed by atoms with Crippen LogP contribution in [0.4, 0.5) is 0 Å². The van der Waals surface area contributed by atoms with Crippen molar-refractivity contribution in [1.82, 2.24) is 9.78 Å². The monoisotopic (exact) mass is 398 g/mol. The Bertz CT molecular complexity index is 1510. The van der Waals surface area contributed by atoms with E-state index in [0.29, 0.717) is 11.1 Å². The average molecular weight is 398 g/mol. The van der Waals surface area contributed by atoms with Gasteiger partial charge >= 0.3 is 0 Å². The number of phenolic OH excluding ortho intramolecular Hbond substituents is 1. The first kappa shape index (κ1) is 18.1. The second kappa shape index (κ2) is 6.84. The highest BCUT2D eigenvalue weighted by Crippen LogP contribution is 2.29. The first-order chi connectivity index (χ1) is 14.5. The lowest BCUT2D eigenvalue weighted by Crippen LogP contribution is -2.23. The van der Waals surface area contributed by atoms with Gasteiger partial charge in [-0.15, -0.1) is 0 Å². The molecule has 0 aliphatic heterocycles. The highest BCUT2D eigenvalue weighted by Gasteiger charge is 2.16. The SMILES string of the molecule is Cn1nc(CC(=O)Cc2ccc3oc4ccccc4c3c2)c2cccc(O)c2c1=O. The van der Waals surface area contributed by atoms with Crippen molar-refractivity contribution in [3.8, 4) is 5.75 Å². The largest absolute Gasteiger partial charge is 0.507 e. The molecule has 6 heteroatoms. The van der Waals surface area contributed by atoms with Gasteiger partial charge in [0.05, 0.1) is 17.5 Å². The predicted octanol–water partition coefficient (Wildman–Crippen LogP) is 3.89. The van der Waals surface area contributed by atoms with Gasteiger partial charge in [0.1, 0.15) is 22.7 Å². The van der Waals surface area contributed by atoms with E-state index in [-0.39, 0.29) is 29.8 Å². The van der Waals surface area contributed by atoms with Crippen molar-refractivity contribution >= 4 is 38.5 Å². The molecule has 2 heterocycles. The van der Waals surface area contributed by atoms with Crippen LogP contribution in [-0.2, 0) is 24.7 Å². The fraction of sp³-hybridized carbons (Fsp3) is 0.125. The van der Waals surface area contributed by atoms with E-state index in [1.807, 2.05) is 42.5 Å². The number of para-hydroxylation sites is 1. The number of fused-ring (bicyclic) bond motifs is 4. The summed E-state index contributed by atoms with van der Waals surface area (Å²) < 4.78 is 7.00. The normalized spacial score (nSPS) is 11.5. The number of aromatic hydroxyl groups is 1. The molecular weight excluding hydrogens is 380 g/mol. The van der Waals surface area contributed by atoms with Gasteiger partial charge in [-0.05, 0) is 29.8 Å². The van der Waals surface area contributed by atoms with Crippen LogP contribution in [0.3, 0.4) is 0 Å². The quantitative estimate of drug-likeness (QED) is 0.496. The number of furan rings is 1. The molecule has 3 aromatic carbocycles. The minimum Gasteiger partial charge on any atom is -0.507 e. The predicted molar refractivity (Wildman–Crippen MR) is 115 cm³/mol. The van der Waals surface area contributed by atoms with Gasteiger partial charge in [0, 0.05) is 29.6 Å². The summed E-state index contributed by atoms with van der Waals surface area (Å²) in [7, 11) is 1.51. The van der Waals surface area contributed by atoms with E-state index in [1.54, 1.807) is 12.1 Å². The van der Waals surface area contributed by atoms with Crippen molar-refractivity contribution in [3.05, 3.63) is 82.3 Å². The van der Waals surface area contributed by atoms with Gasteiger partial charge in [0.2, 0.25) is 0 Å². The zero-order valence-electron chi connectivity index (χ0n) is 16.3. The third kappa shape index (κ3) is 2.93. The van der Waals surface area contributed by atoms with Crippen LogP contribution in [0.25, 0.3) is 32.7 Å². The molecule has 0 saturated carbocycles. The Morgan fingerprint density at radius 2 is 1.73 bits per heavy atom. The van der Waals surface area contributed by atoms with E-state index in [2.05, 4.69) is 5.10 Å². The summed E-state index contributed by atoms with van der Waals surface area (Å²) >= 11 is 0. The number of ketones is 1. The lowest BCUT2D eigenvalue weighted by atomic mass is 10.0. The smallest absolute Gasteiger partial charge is 0.278 e. The number of Topliss-reactive ketones (excluding diaryl/α,β-unsaturated/α-hetero) is 1. The maximum absolute atomic E-state index is 12.8. The summed E-state index contributed by atoms with van der Waals surface area (Å²) in [4.78, 5) is 25.2. The van der Waals surface area contributed by atoms with Gasteiger partial charge in [-0.1, -0.05) is 36.4 Å². The van der Waals surface area contributed by atoms with Crippen molar-refractivity contribution in [1.29, 1.82) is 0 Å². The Morgan fingerprint density at radius 1 is 0.967 bits per heavy atom. The van der Waals surface area contributed by atoms with E-state index < -0.39 is 5.56 Å². The van der Waals surface area contributed by atoms with Crippen molar-refractivity contribution in [2.45, 2.75) is 12.8 Å². The van der Waals surface area contributed by atoms with E-state index in [0.717, 1.165) is 32.2 Å². The van der Waals surface area contributed by atoms with Gasteiger partial charge in [-0.25, -0.2) is 4.68 Å². The molecule has 30 heavy (non-hydrogen) atoms. The summed E-state index contributed by atoms with van der Waals surface area (Å²) in [5, 5.41) is 17.0. The number of carbonyl (C=O) groups excluding carboxylic acids is 1. The summed E-state index contributed by atoms with van der Waals surface area (Å²) in [5.74, 6) is -0.139. The number of carbonyl (C=O) groups is 1. The zero-order chi connectivity index (χ0) is 20.8. The average Bonchev–Trinajstić information content (AvgIpc) is 3.10. The maximum atomic E-state index is 12.8. The van der Waals surface area contributed by atoms with Crippen LogP contribution in [0.15, 0.2) is 69.9 Å². The molecule has 0 fully saturated rings. The highest BCUT2D eigenvalue weighted by molar-refractivity contribution is 6.05. The number of hydrogen-bond donors (Lipinski definition) is 1. The molecule has 0 bridgehead atoms. The topological polar surface area (TPSA) is 85.3 Å². The van der Waals surface area contributed by atoms with E-state index >= 15 is 0 Å². The van der Waals surface area contributed by atoms with E-state index in [9.17, 15) is 14.7 Å². The molecule has 0 amide bonds. The minimum atomic E-state index is -0.392. The van der Waals surface area contributed by atoms with Crippen molar-refractivity contribution in [2.75, 3.05) is 0 Å². The van der Waals surface area contributed by atoms with Crippen molar-refractivity contribution < 1.29 is 14.3 Å². The van der Waals surface area contributed by atoms with Gasteiger partial charge in [-0.3, -0.25) is 9.59 Å². The fourth-order valence-corrected chi connectivity index (χ4v) is 3.94. The van der Waals surface area contributed by atoms with Crippen LogP contribution in [0.5, 0.6) is 5.75 Å². The zero-order valence-corrected chi connectivity index (χ0v) is 16.3. The molecule has 0 aliphatic carbocycles. The molecule has 2 aromatic heterocycles. The summed E-state index contributed by atoms with van der Waals surface area (Å²) in [6, 6.07) is 18.4. The van der Waals surface area contributed by atoms with Crippen LogP contribution in [0.1, 0.15) is 11.3 Å². The third-order valence-electron chi connectivity index (χ3n) is 5.34. The maximum Gasteiger partial charge on any atom is 0.278 e. The minimum absolute atomic E-state index is 0.0297. The lowest BCUT2D eigenvalue weighted by Gasteiger charge is -2.09. The lowest BCUT2D eigenvalue weighted by molar-refractivity contribution is -0.117. The molecule has 148 valence electrons. The van der Waals surface area contributed by atoms with Crippen LogP contribution in [0, 0.1) is 0 Å². The number of aryl methyl sites for hydroxylation is 1. The number of aromatic nitrogens is 2. The van der Waals surface area contributed by atoms with Crippen LogP contribution in [0.2, 0.25) is 0 Å². The summed E-state index contributed by atoms with van der Waals surface area (Å²) in [6.07, 6.45) is 0.304. The number of nitrogens with zero attached hydrogens (tertiary/aromatic N) is 2. The van der Waals surface area contributed by atoms with E-state index in [1.165, 1.54) is 13.1 Å². The molecule has 6 nitrogen and oxygen atoms in total. The van der Waals surface area contributed by atoms with Crippen LogP contribution >= 0.6 is 0 Å². The first-order valence-electron chi connectivity index (χ1n) is 9.61. The molecule has 1 N–H and O–H groups in total. The van der Waals surface area contributed by atoms with Crippen molar-refractivity contribution in [2.24, 2.45) is 7.05 Å². The van der Waals surface area contributed by atoms with E-state index in [4.69, 9.17) is 4.42 Å². The molecule has 0 atom stereocenters. The van der Waals surface area contributed by atoms with Crippen LogP contribution < -0.4 is 5.56 Å². The van der Waals surface area contributed by atoms with Gasteiger partial charge in [0.15, 0.2) is 0 Å². The number of benzene rings is 3. The van der Waals surface area contributed by atoms with Crippen LogP contribution in [-0.4, -0.2) is 20.7 Å². The molecule has 0 radical (unpaired) electrons. The number of rotatable bonds is 4. The molecule has 0 unspecified atom stereocenters.